The molecule has 0 unspecified atom stereocenters. The number of aromatic nitrogens is 4. The van der Waals surface area contributed by atoms with Crippen LogP contribution in [0.2, 0.25) is 0 Å². The van der Waals surface area contributed by atoms with Crippen LogP contribution in [0.3, 0.4) is 0 Å². The second-order valence-electron chi connectivity index (χ2n) is 3.95. The van der Waals surface area contributed by atoms with Crippen molar-refractivity contribution in [1.29, 1.82) is 0 Å². The van der Waals surface area contributed by atoms with Crippen LogP contribution in [-0.2, 0) is 0 Å². The van der Waals surface area contributed by atoms with Gasteiger partial charge in [-0.1, -0.05) is 31.5 Å². The highest BCUT2D eigenvalue weighted by molar-refractivity contribution is 7.99. The highest BCUT2D eigenvalue weighted by Crippen LogP contribution is 2.20. The fourth-order valence-corrected chi connectivity index (χ4v) is 2.43. The zero-order valence-electron chi connectivity index (χ0n) is 10.3. The number of aromatic hydroxyl groups is 1. The Morgan fingerprint density at radius 3 is 2.72 bits per heavy atom. The number of hydrogen-bond donors (Lipinski definition) is 1. The normalized spacial score (nSPS) is 10.7. The number of nitrogens with zero attached hydrogens (tertiary/aromatic N) is 4. The van der Waals surface area contributed by atoms with Gasteiger partial charge in [0.2, 0.25) is 5.16 Å². The second kappa shape index (κ2) is 6.39. The van der Waals surface area contributed by atoms with Crippen LogP contribution in [0.1, 0.15) is 26.2 Å². The third kappa shape index (κ3) is 3.22. The summed E-state index contributed by atoms with van der Waals surface area (Å²) >= 11 is 1.66. The first-order chi connectivity index (χ1) is 8.81. The molecule has 96 valence electrons. The summed E-state index contributed by atoms with van der Waals surface area (Å²) in [5.74, 6) is 1.26. The average Bonchev–Trinajstić information content (AvgIpc) is 2.84. The summed E-state index contributed by atoms with van der Waals surface area (Å²) in [6.45, 7) is 2.19. The molecule has 0 aliphatic heterocycles. The molecule has 0 radical (unpaired) electrons. The number of rotatable bonds is 6. The highest BCUT2D eigenvalue weighted by Gasteiger charge is 2.08. The van der Waals surface area contributed by atoms with Crippen molar-refractivity contribution in [2.75, 3.05) is 5.75 Å². The van der Waals surface area contributed by atoms with Gasteiger partial charge in [0, 0.05) is 5.75 Å². The molecule has 2 aromatic rings. The number of thioether (sulfide) groups is 1. The van der Waals surface area contributed by atoms with Crippen LogP contribution < -0.4 is 0 Å². The van der Waals surface area contributed by atoms with Gasteiger partial charge < -0.3 is 5.11 Å². The van der Waals surface area contributed by atoms with Crippen LogP contribution >= 0.6 is 11.8 Å². The molecular weight excluding hydrogens is 248 g/mol. The number of phenolic OH excluding ortho intramolecular Hbond substituents is 1. The molecule has 5 nitrogen and oxygen atoms in total. The van der Waals surface area contributed by atoms with Crippen LogP contribution in [0.25, 0.3) is 5.69 Å². The van der Waals surface area contributed by atoms with E-state index in [0.717, 1.165) is 16.6 Å². The number of tetrazole rings is 1. The molecule has 0 fully saturated rings. The average molecular weight is 264 g/mol. The van der Waals surface area contributed by atoms with Gasteiger partial charge in [-0.15, -0.1) is 5.10 Å². The predicted molar refractivity (Wildman–Crippen MR) is 71.1 cm³/mol. The lowest BCUT2D eigenvalue weighted by Gasteiger charge is -2.04. The van der Waals surface area contributed by atoms with Crippen molar-refractivity contribution < 1.29 is 5.11 Å². The Hall–Kier alpha value is -1.56. The van der Waals surface area contributed by atoms with E-state index < -0.39 is 0 Å². The minimum Gasteiger partial charge on any atom is -0.508 e. The van der Waals surface area contributed by atoms with Crippen LogP contribution in [0.5, 0.6) is 5.75 Å². The molecule has 0 aliphatic rings. The lowest BCUT2D eigenvalue weighted by Crippen LogP contribution is -1.99. The lowest BCUT2D eigenvalue weighted by molar-refractivity contribution is 0.475. The second-order valence-corrected chi connectivity index (χ2v) is 5.01. The molecule has 1 N–H and O–H groups in total. The molecule has 6 heteroatoms. The smallest absolute Gasteiger partial charge is 0.214 e. The maximum atomic E-state index is 9.26. The summed E-state index contributed by atoms with van der Waals surface area (Å²) < 4.78 is 1.69. The molecule has 0 saturated carbocycles. The first-order valence-electron chi connectivity index (χ1n) is 6.02. The Morgan fingerprint density at radius 2 is 2.00 bits per heavy atom. The van der Waals surface area contributed by atoms with E-state index in [-0.39, 0.29) is 5.75 Å². The van der Waals surface area contributed by atoms with E-state index in [2.05, 4.69) is 22.4 Å². The molecule has 2 rings (SSSR count). The van der Waals surface area contributed by atoms with Gasteiger partial charge >= 0.3 is 0 Å². The molecule has 0 atom stereocenters. The molecule has 1 aromatic heterocycles. The van der Waals surface area contributed by atoms with Crippen LogP contribution in [0, 0.1) is 0 Å². The van der Waals surface area contributed by atoms with E-state index in [9.17, 15) is 5.11 Å². The lowest BCUT2D eigenvalue weighted by atomic mass is 10.3. The van der Waals surface area contributed by atoms with Gasteiger partial charge in [-0.25, -0.2) is 0 Å². The van der Waals surface area contributed by atoms with Crippen LogP contribution in [0.4, 0.5) is 0 Å². The molecule has 1 aromatic carbocycles. The van der Waals surface area contributed by atoms with Gasteiger partial charge in [-0.2, -0.15) is 4.68 Å². The third-order valence-corrected chi connectivity index (χ3v) is 3.52. The topological polar surface area (TPSA) is 63.8 Å². The SMILES string of the molecule is CCCCCSc1nnnn1-c1ccc(O)cc1. The Bertz CT molecular complexity index is 483. The Labute approximate surface area is 110 Å². The minimum absolute atomic E-state index is 0.240. The first-order valence-corrected chi connectivity index (χ1v) is 7.00. The summed E-state index contributed by atoms with van der Waals surface area (Å²) in [6.07, 6.45) is 3.61. The Morgan fingerprint density at radius 1 is 1.22 bits per heavy atom. The quantitative estimate of drug-likeness (QED) is 0.642. The summed E-state index contributed by atoms with van der Waals surface area (Å²) in [5, 5.41) is 21.7. The predicted octanol–water partition coefficient (Wildman–Crippen LogP) is 2.65. The van der Waals surface area contributed by atoms with E-state index >= 15 is 0 Å². The van der Waals surface area contributed by atoms with E-state index in [1.165, 1.54) is 19.3 Å². The van der Waals surface area contributed by atoms with Crippen LogP contribution in [-0.4, -0.2) is 31.1 Å². The molecule has 18 heavy (non-hydrogen) atoms. The van der Waals surface area contributed by atoms with Gasteiger partial charge in [0.25, 0.3) is 0 Å². The van der Waals surface area contributed by atoms with Crippen molar-refractivity contribution in [3.8, 4) is 11.4 Å². The Balaban J connectivity index is 2.05. The van der Waals surface area contributed by atoms with Crippen molar-refractivity contribution in [3.63, 3.8) is 0 Å². The maximum absolute atomic E-state index is 9.26. The number of unbranched alkanes of at least 4 members (excludes halogenated alkanes) is 2. The van der Waals surface area contributed by atoms with Gasteiger partial charge in [-0.05, 0) is 41.1 Å². The minimum atomic E-state index is 0.240. The fraction of sp³-hybridized carbons (Fsp3) is 0.417. The molecule has 0 bridgehead atoms. The summed E-state index contributed by atoms with van der Waals surface area (Å²) in [7, 11) is 0. The van der Waals surface area contributed by atoms with E-state index in [1.807, 2.05) is 0 Å². The van der Waals surface area contributed by atoms with Crippen molar-refractivity contribution in [2.45, 2.75) is 31.3 Å². The molecule has 0 amide bonds. The highest BCUT2D eigenvalue weighted by atomic mass is 32.2. The summed E-state index contributed by atoms with van der Waals surface area (Å²) in [6, 6.07) is 6.84. The van der Waals surface area contributed by atoms with Crippen molar-refractivity contribution in [3.05, 3.63) is 24.3 Å². The van der Waals surface area contributed by atoms with Gasteiger partial charge in [0.15, 0.2) is 0 Å². The molecule has 1 heterocycles. The van der Waals surface area contributed by atoms with Crippen LogP contribution in [0.15, 0.2) is 29.4 Å². The van der Waals surface area contributed by atoms with E-state index in [0.29, 0.717) is 0 Å². The van der Waals surface area contributed by atoms with Gasteiger partial charge in [0.1, 0.15) is 5.75 Å². The Kier molecular flexibility index (Phi) is 4.58. The number of phenols is 1. The van der Waals surface area contributed by atoms with Crippen molar-refractivity contribution in [2.24, 2.45) is 0 Å². The molecular formula is C12H16N4OS. The summed E-state index contributed by atoms with van der Waals surface area (Å²) in [5.41, 5.74) is 0.857. The van der Waals surface area contributed by atoms with Crippen molar-refractivity contribution in [1.82, 2.24) is 20.2 Å². The largest absolute Gasteiger partial charge is 0.508 e. The summed E-state index contributed by atoms with van der Waals surface area (Å²) in [4.78, 5) is 0. The number of hydrogen-bond acceptors (Lipinski definition) is 5. The van der Waals surface area contributed by atoms with Gasteiger partial charge in [-0.3, -0.25) is 0 Å². The maximum Gasteiger partial charge on any atom is 0.214 e. The van der Waals surface area contributed by atoms with Crippen molar-refractivity contribution >= 4 is 11.8 Å². The molecule has 0 aliphatic carbocycles. The standard InChI is InChI=1S/C12H16N4OS/c1-2-3-4-9-18-12-13-14-15-16(12)10-5-7-11(17)8-6-10/h5-8,17H,2-4,9H2,1H3. The van der Waals surface area contributed by atoms with E-state index in [1.54, 1.807) is 40.7 Å². The molecule has 0 spiro atoms. The third-order valence-electron chi connectivity index (χ3n) is 2.51. The zero-order valence-corrected chi connectivity index (χ0v) is 11.1. The fourth-order valence-electron chi connectivity index (χ4n) is 1.54. The zero-order chi connectivity index (χ0) is 12.8. The van der Waals surface area contributed by atoms with E-state index in [4.69, 9.17) is 0 Å². The monoisotopic (exact) mass is 264 g/mol. The number of benzene rings is 1. The first kappa shape index (κ1) is 12.9. The molecule has 0 saturated heterocycles. The van der Waals surface area contributed by atoms with Gasteiger partial charge in [0.05, 0.1) is 5.69 Å².